The molecule has 10 heteroatoms. The van der Waals surface area contributed by atoms with Gasteiger partial charge >= 0.3 is 0 Å². The summed E-state index contributed by atoms with van der Waals surface area (Å²) in [4.78, 5) is 43.5. The maximum atomic E-state index is 13.7. The fraction of sp³-hybridized carbons (Fsp3) is 0.429. The number of nitrogens with zero attached hydrogens (tertiary/aromatic N) is 2. The highest BCUT2D eigenvalue weighted by molar-refractivity contribution is 7.99. The van der Waals surface area contributed by atoms with Gasteiger partial charge in [0.25, 0.3) is 11.5 Å². The van der Waals surface area contributed by atoms with E-state index in [0.717, 1.165) is 31.2 Å². The first-order valence-electron chi connectivity index (χ1n) is 13.0. The number of aromatic nitrogens is 2. The molecule has 9 nitrogen and oxygen atoms in total. The molecule has 3 aromatic rings. The van der Waals surface area contributed by atoms with Gasteiger partial charge in [0.1, 0.15) is 0 Å². The molecule has 2 N–H and O–H groups in total. The zero-order valence-electron chi connectivity index (χ0n) is 21.6. The molecule has 1 saturated carbocycles. The third-order valence-corrected chi connectivity index (χ3v) is 7.67. The second-order valence-corrected chi connectivity index (χ2v) is 11.0. The number of rotatable bonds is 8. The van der Waals surface area contributed by atoms with Crippen LogP contribution in [0.1, 0.15) is 61.9 Å². The van der Waals surface area contributed by atoms with Crippen molar-refractivity contribution in [1.82, 2.24) is 20.2 Å². The molecule has 1 aliphatic carbocycles. The fourth-order valence-corrected chi connectivity index (χ4v) is 5.59. The van der Waals surface area contributed by atoms with E-state index in [4.69, 9.17) is 14.5 Å². The molecule has 0 spiro atoms. The van der Waals surface area contributed by atoms with Crippen molar-refractivity contribution in [2.45, 2.75) is 69.7 Å². The molecule has 2 aliphatic rings. The first-order valence-corrected chi connectivity index (χ1v) is 14.0. The van der Waals surface area contributed by atoms with Gasteiger partial charge in [0.05, 0.1) is 23.2 Å². The highest BCUT2D eigenvalue weighted by Gasteiger charge is 2.21. The van der Waals surface area contributed by atoms with Crippen LogP contribution in [0.5, 0.6) is 11.5 Å². The lowest BCUT2D eigenvalue weighted by atomic mass is 9.95. The van der Waals surface area contributed by atoms with Gasteiger partial charge in [-0.25, -0.2) is 4.98 Å². The second-order valence-electron chi connectivity index (χ2n) is 10.0. The standard InChI is InChI=1S/C28H32N4O5S/c1-17(2)29-26(34)19-10-8-18(9-11-19)14-32-27(35)21-12-23-24(37-16-36-23)13-22(21)31-28(32)38-15-25(33)30-20-6-4-3-5-7-20/h8-13,17,20H,3-7,14-16H2,1-2H3,(H,29,34)(H,30,33). The molecule has 200 valence electrons. The van der Waals surface area contributed by atoms with Gasteiger partial charge in [0.2, 0.25) is 12.7 Å². The average Bonchev–Trinajstić information content (AvgIpc) is 3.36. The Morgan fingerprint density at radius 1 is 1.08 bits per heavy atom. The monoisotopic (exact) mass is 536 g/mol. The van der Waals surface area contributed by atoms with E-state index < -0.39 is 0 Å². The number of carbonyl (C=O) groups excluding carboxylic acids is 2. The maximum absolute atomic E-state index is 13.7. The van der Waals surface area contributed by atoms with Crippen LogP contribution in [0.4, 0.5) is 0 Å². The molecule has 38 heavy (non-hydrogen) atoms. The predicted molar refractivity (Wildman–Crippen MR) is 146 cm³/mol. The van der Waals surface area contributed by atoms with Crippen LogP contribution in [0, 0.1) is 0 Å². The number of hydrogen-bond donors (Lipinski definition) is 2. The van der Waals surface area contributed by atoms with Crippen LogP contribution < -0.4 is 25.7 Å². The summed E-state index contributed by atoms with van der Waals surface area (Å²) in [5.74, 6) is 1.01. The normalized spacial score (nSPS) is 15.1. The molecule has 0 radical (unpaired) electrons. The first kappa shape index (κ1) is 26.1. The van der Waals surface area contributed by atoms with Crippen LogP contribution >= 0.6 is 11.8 Å². The molecular formula is C28H32N4O5S. The van der Waals surface area contributed by atoms with Crippen LogP contribution in [-0.2, 0) is 11.3 Å². The van der Waals surface area contributed by atoms with Gasteiger partial charge in [-0.1, -0.05) is 43.2 Å². The van der Waals surface area contributed by atoms with E-state index >= 15 is 0 Å². The molecule has 0 atom stereocenters. The lowest BCUT2D eigenvalue weighted by molar-refractivity contribution is -0.119. The minimum Gasteiger partial charge on any atom is -0.454 e. The molecule has 1 aromatic heterocycles. The Balaban J connectivity index is 1.41. The number of hydrogen-bond acceptors (Lipinski definition) is 7. The number of nitrogens with one attached hydrogen (secondary N) is 2. The first-order chi connectivity index (χ1) is 18.4. The van der Waals surface area contributed by atoms with E-state index in [1.165, 1.54) is 18.2 Å². The van der Waals surface area contributed by atoms with Crippen LogP contribution in [0.3, 0.4) is 0 Å². The molecule has 1 aliphatic heterocycles. The fourth-order valence-electron chi connectivity index (χ4n) is 4.78. The van der Waals surface area contributed by atoms with Crippen LogP contribution in [0.2, 0.25) is 0 Å². The van der Waals surface area contributed by atoms with E-state index in [1.54, 1.807) is 28.8 Å². The van der Waals surface area contributed by atoms with E-state index in [1.807, 2.05) is 26.0 Å². The van der Waals surface area contributed by atoms with Crippen LogP contribution in [0.25, 0.3) is 10.9 Å². The third kappa shape index (κ3) is 5.96. The van der Waals surface area contributed by atoms with E-state index in [9.17, 15) is 14.4 Å². The number of benzene rings is 2. The summed E-state index contributed by atoms with van der Waals surface area (Å²) in [6, 6.07) is 10.8. The summed E-state index contributed by atoms with van der Waals surface area (Å²) in [6.45, 7) is 4.16. The summed E-state index contributed by atoms with van der Waals surface area (Å²) in [7, 11) is 0. The number of thioether (sulfide) groups is 1. The van der Waals surface area contributed by atoms with Crippen molar-refractivity contribution in [3.05, 3.63) is 57.9 Å². The molecule has 0 bridgehead atoms. The molecule has 2 aromatic carbocycles. The summed E-state index contributed by atoms with van der Waals surface area (Å²) in [5.41, 5.74) is 1.65. The molecular weight excluding hydrogens is 504 g/mol. The summed E-state index contributed by atoms with van der Waals surface area (Å²) in [5, 5.41) is 6.86. The number of ether oxygens (including phenoxy) is 2. The lowest BCUT2D eigenvalue weighted by Crippen LogP contribution is -2.37. The summed E-state index contributed by atoms with van der Waals surface area (Å²) >= 11 is 1.24. The zero-order chi connectivity index (χ0) is 26.6. The molecule has 2 amide bonds. The Labute approximate surface area is 225 Å². The highest BCUT2D eigenvalue weighted by atomic mass is 32.2. The third-order valence-electron chi connectivity index (χ3n) is 6.69. The Bertz CT molecular complexity index is 1400. The van der Waals surface area contributed by atoms with Crippen LogP contribution in [0.15, 0.2) is 46.3 Å². The summed E-state index contributed by atoms with van der Waals surface area (Å²) < 4.78 is 12.5. The van der Waals surface area contributed by atoms with Gasteiger partial charge in [0, 0.05) is 23.7 Å². The van der Waals surface area contributed by atoms with E-state index in [2.05, 4.69) is 10.6 Å². The summed E-state index contributed by atoms with van der Waals surface area (Å²) in [6.07, 6.45) is 5.51. The molecule has 5 rings (SSSR count). The van der Waals surface area contributed by atoms with Crippen molar-refractivity contribution in [2.24, 2.45) is 0 Å². The Morgan fingerprint density at radius 2 is 1.79 bits per heavy atom. The average molecular weight is 537 g/mol. The predicted octanol–water partition coefficient (Wildman–Crippen LogP) is 3.85. The largest absolute Gasteiger partial charge is 0.454 e. The Hall–Kier alpha value is -3.53. The van der Waals surface area contributed by atoms with Crippen molar-refractivity contribution >= 4 is 34.5 Å². The van der Waals surface area contributed by atoms with Crippen molar-refractivity contribution in [3.63, 3.8) is 0 Å². The topological polar surface area (TPSA) is 112 Å². The quantitative estimate of drug-likeness (QED) is 0.332. The number of fused-ring (bicyclic) bond motifs is 2. The smallest absolute Gasteiger partial charge is 0.262 e. The van der Waals surface area contributed by atoms with Gasteiger partial charge < -0.3 is 20.1 Å². The van der Waals surface area contributed by atoms with E-state index in [0.29, 0.717) is 33.1 Å². The van der Waals surface area contributed by atoms with Crippen molar-refractivity contribution in [2.75, 3.05) is 12.5 Å². The number of amides is 2. The van der Waals surface area contributed by atoms with Gasteiger partial charge in [0.15, 0.2) is 16.7 Å². The molecule has 1 fully saturated rings. The van der Waals surface area contributed by atoms with Crippen molar-refractivity contribution in [1.29, 1.82) is 0 Å². The van der Waals surface area contributed by atoms with Gasteiger partial charge in [-0.15, -0.1) is 0 Å². The minimum atomic E-state index is -0.231. The molecule has 2 heterocycles. The SMILES string of the molecule is CC(C)NC(=O)c1ccc(Cn2c(SCC(=O)NC3CCCCC3)nc3cc4c(cc3c2=O)OCO4)cc1. The van der Waals surface area contributed by atoms with Crippen molar-refractivity contribution < 1.29 is 19.1 Å². The van der Waals surface area contributed by atoms with Crippen molar-refractivity contribution in [3.8, 4) is 11.5 Å². The van der Waals surface area contributed by atoms with Gasteiger partial charge in [-0.3, -0.25) is 19.0 Å². The maximum Gasteiger partial charge on any atom is 0.262 e. The van der Waals surface area contributed by atoms with Gasteiger partial charge in [-0.05, 0) is 50.5 Å². The van der Waals surface area contributed by atoms with E-state index in [-0.39, 0.29) is 48.5 Å². The van der Waals surface area contributed by atoms with Crippen LogP contribution in [-0.4, -0.2) is 46.0 Å². The van der Waals surface area contributed by atoms with Gasteiger partial charge in [-0.2, -0.15) is 0 Å². The minimum absolute atomic E-state index is 0.0372. The molecule has 0 saturated heterocycles. The second kappa shape index (κ2) is 11.5. The number of carbonyl (C=O) groups is 2. The Kier molecular flexibility index (Phi) is 7.87. The zero-order valence-corrected chi connectivity index (χ0v) is 22.4. The highest BCUT2D eigenvalue weighted by Crippen LogP contribution is 2.35. The molecule has 0 unspecified atom stereocenters. The lowest BCUT2D eigenvalue weighted by Gasteiger charge is -2.22. The Morgan fingerprint density at radius 3 is 2.50 bits per heavy atom.